The Morgan fingerprint density at radius 2 is 2.40 bits per heavy atom. The summed E-state index contributed by atoms with van der Waals surface area (Å²) in [5.41, 5.74) is 0. The third kappa shape index (κ3) is 6.72. The van der Waals surface area contributed by atoms with Crippen molar-refractivity contribution in [3.8, 4) is 0 Å². The molecular weight excluding hydrogens is 136 g/mol. The van der Waals surface area contributed by atoms with Gasteiger partial charge in [0.1, 0.15) is 0 Å². The summed E-state index contributed by atoms with van der Waals surface area (Å²) < 4.78 is 4.52. The molecule has 0 aliphatic heterocycles. The Hall–Kier alpha value is -1.28. The van der Waals surface area contributed by atoms with Crippen molar-refractivity contribution >= 4 is 11.9 Å². The summed E-state index contributed by atoms with van der Waals surface area (Å²) in [4.78, 5) is 19.4. The topological polar surface area (TPSA) is 63.6 Å². The van der Waals surface area contributed by atoms with Crippen molar-refractivity contribution in [1.29, 1.82) is 0 Å². The van der Waals surface area contributed by atoms with E-state index in [1.54, 1.807) is 0 Å². The number of aliphatic carboxylic acids is 1. The summed E-state index contributed by atoms with van der Waals surface area (Å²) in [5, 5.41) is 8.13. The van der Waals surface area contributed by atoms with Crippen molar-refractivity contribution in [3.63, 3.8) is 0 Å². The minimum absolute atomic E-state index is 0.0622. The van der Waals surface area contributed by atoms with Crippen molar-refractivity contribution in [1.82, 2.24) is 0 Å². The van der Waals surface area contributed by atoms with E-state index >= 15 is 0 Å². The monoisotopic (exact) mass is 144 g/mol. The number of rotatable bonds is 5. The van der Waals surface area contributed by atoms with Gasteiger partial charge in [-0.15, -0.1) is 0 Å². The molecule has 10 heavy (non-hydrogen) atoms. The summed E-state index contributed by atoms with van der Waals surface area (Å²) in [5.74, 6) is 0.549. The number of hydrogen-bond donors (Lipinski definition) is 1. The Morgan fingerprint density at radius 1 is 1.70 bits per heavy atom. The summed E-state index contributed by atoms with van der Waals surface area (Å²) in [6, 6.07) is 0. The maximum absolute atomic E-state index is 9.89. The van der Waals surface area contributed by atoms with Crippen LogP contribution in [0.4, 0.5) is 0 Å². The maximum atomic E-state index is 9.89. The van der Waals surface area contributed by atoms with E-state index in [-0.39, 0.29) is 13.0 Å². The Labute approximate surface area is 58.1 Å². The third-order valence-electron chi connectivity index (χ3n) is 0.784. The van der Waals surface area contributed by atoms with Crippen LogP contribution in [0.2, 0.25) is 0 Å². The van der Waals surface area contributed by atoms with Gasteiger partial charge in [0.15, 0.2) is 12.2 Å². The first kappa shape index (κ1) is 8.72. The zero-order chi connectivity index (χ0) is 7.82. The fourth-order valence-electron chi connectivity index (χ4n) is 0.400. The van der Waals surface area contributed by atoms with E-state index in [9.17, 15) is 9.59 Å². The van der Waals surface area contributed by atoms with Gasteiger partial charge >= 0.3 is 5.97 Å². The van der Waals surface area contributed by atoms with E-state index in [2.05, 4.69) is 4.74 Å². The lowest BCUT2D eigenvalue weighted by Gasteiger charge is -1.94. The highest BCUT2D eigenvalue weighted by Crippen LogP contribution is 1.88. The molecule has 56 valence electrons. The van der Waals surface area contributed by atoms with Gasteiger partial charge in [-0.25, -0.2) is 4.79 Å². The second-order valence-electron chi connectivity index (χ2n) is 1.60. The molecular formula is C6H8O4. The van der Waals surface area contributed by atoms with Crippen LogP contribution in [0.3, 0.4) is 0 Å². The van der Waals surface area contributed by atoms with Crippen LogP contribution in [0.15, 0.2) is 6.26 Å². The summed E-state index contributed by atoms with van der Waals surface area (Å²) in [7, 11) is 0. The van der Waals surface area contributed by atoms with Crippen molar-refractivity contribution in [3.05, 3.63) is 6.26 Å². The number of carbonyl (C=O) groups is 1. The standard InChI is InChI=1S/C6H8O4/c7-3-5-10-4-1-2-6(8)9/h5H,1-2,4H2,(H,8,9). The SMILES string of the molecule is O=C=COCCCC(=O)O. The van der Waals surface area contributed by atoms with Crippen LogP contribution < -0.4 is 0 Å². The predicted molar refractivity (Wildman–Crippen MR) is 33.1 cm³/mol. The molecule has 0 fully saturated rings. The zero-order valence-corrected chi connectivity index (χ0v) is 5.37. The summed E-state index contributed by atoms with van der Waals surface area (Å²) >= 11 is 0. The number of hydrogen-bond acceptors (Lipinski definition) is 3. The molecule has 4 heteroatoms. The molecule has 0 spiro atoms. The minimum atomic E-state index is -0.862. The molecule has 0 saturated carbocycles. The fourth-order valence-corrected chi connectivity index (χ4v) is 0.400. The van der Waals surface area contributed by atoms with E-state index in [0.717, 1.165) is 6.26 Å². The molecule has 0 amide bonds. The molecule has 0 aliphatic rings. The average Bonchev–Trinajstić information content (AvgIpc) is 1.87. The largest absolute Gasteiger partial charge is 0.490 e. The van der Waals surface area contributed by atoms with E-state index in [4.69, 9.17) is 5.11 Å². The van der Waals surface area contributed by atoms with Gasteiger partial charge < -0.3 is 9.84 Å². The first-order valence-electron chi connectivity index (χ1n) is 2.80. The van der Waals surface area contributed by atoms with E-state index in [0.29, 0.717) is 6.42 Å². The smallest absolute Gasteiger partial charge is 0.303 e. The third-order valence-corrected chi connectivity index (χ3v) is 0.784. The van der Waals surface area contributed by atoms with Gasteiger partial charge in [-0.1, -0.05) is 0 Å². The molecule has 0 rings (SSSR count). The molecule has 0 aromatic rings. The van der Waals surface area contributed by atoms with Crippen LogP contribution in [0.25, 0.3) is 0 Å². The molecule has 0 bridgehead atoms. The van der Waals surface area contributed by atoms with E-state index in [1.807, 2.05) is 0 Å². The van der Waals surface area contributed by atoms with Crippen molar-refractivity contribution in [2.45, 2.75) is 12.8 Å². The van der Waals surface area contributed by atoms with Gasteiger partial charge in [0, 0.05) is 6.42 Å². The summed E-state index contributed by atoms with van der Waals surface area (Å²) in [6.07, 6.45) is 1.35. The van der Waals surface area contributed by atoms with Crippen LogP contribution in [0.1, 0.15) is 12.8 Å². The number of carboxylic acids is 1. The maximum Gasteiger partial charge on any atom is 0.303 e. The first-order valence-corrected chi connectivity index (χ1v) is 2.80. The van der Waals surface area contributed by atoms with Gasteiger partial charge in [-0.05, 0) is 6.42 Å². The van der Waals surface area contributed by atoms with E-state index < -0.39 is 5.97 Å². The predicted octanol–water partition coefficient (Wildman–Crippen LogP) is 0.213. The Balaban J connectivity index is 3.05. The first-order chi connectivity index (χ1) is 4.77. The highest BCUT2D eigenvalue weighted by atomic mass is 16.5. The quantitative estimate of drug-likeness (QED) is 0.340. The number of carboxylic acid groups (broad SMARTS) is 1. The normalized spacial score (nSPS) is 8.00. The molecule has 0 radical (unpaired) electrons. The molecule has 0 aromatic carbocycles. The lowest BCUT2D eigenvalue weighted by atomic mass is 10.3. The zero-order valence-electron chi connectivity index (χ0n) is 5.37. The van der Waals surface area contributed by atoms with Crippen molar-refractivity contribution in [2.24, 2.45) is 0 Å². The van der Waals surface area contributed by atoms with Crippen molar-refractivity contribution in [2.75, 3.05) is 6.61 Å². The van der Waals surface area contributed by atoms with Crippen LogP contribution >= 0.6 is 0 Å². The molecule has 0 heterocycles. The van der Waals surface area contributed by atoms with Gasteiger partial charge in [0.05, 0.1) is 6.61 Å². The van der Waals surface area contributed by atoms with Crippen LogP contribution in [0.5, 0.6) is 0 Å². The number of ether oxygens (including phenoxy) is 1. The molecule has 0 unspecified atom stereocenters. The fraction of sp³-hybridized carbons (Fsp3) is 0.500. The van der Waals surface area contributed by atoms with Gasteiger partial charge in [-0.2, -0.15) is 0 Å². The Kier molecular flexibility index (Phi) is 5.10. The molecule has 1 N–H and O–H groups in total. The van der Waals surface area contributed by atoms with Crippen molar-refractivity contribution < 1.29 is 19.4 Å². The molecule has 4 nitrogen and oxygen atoms in total. The molecule has 0 aliphatic carbocycles. The number of carbonyl (C=O) groups excluding carboxylic acids is 1. The van der Waals surface area contributed by atoms with Crippen LogP contribution in [-0.2, 0) is 14.3 Å². The molecule has 0 aromatic heterocycles. The van der Waals surface area contributed by atoms with Gasteiger partial charge in [0.2, 0.25) is 0 Å². The second kappa shape index (κ2) is 5.85. The van der Waals surface area contributed by atoms with E-state index in [1.165, 1.54) is 5.94 Å². The summed E-state index contributed by atoms with van der Waals surface area (Å²) in [6.45, 7) is 0.252. The molecule has 0 saturated heterocycles. The van der Waals surface area contributed by atoms with Crippen LogP contribution in [0, 0.1) is 0 Å². The second-order valence-corrected chi connectivity index (χ2v) is 1.60. The minimum Gasteiger partial charge on any atom is -0.490 e. The average molecular weight is 144 g/mol. The lowest BCUT2D eigenvalue weighted by Crippen LogP contribution is -1.97. The van der Waals surface area contributed by atoms with Gasteiger partial charge in [-0.3, -0.25) is 4.79 Å². The molecule has 0 atom stereocenters. The highest BCUT2D eigenvalue weighted by Gasteiger charge is 1.94. The van der Waals surface area contributed by atoms with Gasteiger partial charge in [0.25, 0.3) is 0 Å². The highest BCUT2D eigenvalue weighted by molar-refractivity contribution is 5.66. The lowest BCUT2D eigenvalue weighted by molar-refractivity contribution is -0.137. The Bertz CT molecular complexity index is 142. The Morgan fingerprint density at radius 3 is 2.90 bits per heavy atom. The van der Waals surface area contributed by atoms with Crippen LogP contribution in [-0.4, -0.2) is 23.6 Å².